The minimum atomic E-state index is -1.25. The van der Waals surface area contributed by atoms with Crippen molar-refractivity contribution in [2.45, 2.75) is 0 Å². The highest BCUT2D eigenvalue weighted by Crippen LogP contribution is 2.16. The van der Waals surface area contributed by atoms with Gasteiger partial charge in [0.15, 0.2) is 39.6 Å². The van der Waals surface area contributed by atoms with E-state index in [0.29, 0.717) is 0 Å². The van der Waals surface area contributed by atoms with E-state index in [9.17, 15) is 49.0 Å². The lowest BCUT2D eigenvalue weighted by Gasteiger charge is -2.08. The highest BCUT2D eigenvalue weighted by atomic mass is 17.0. The molecule has 0 aliphatic heterocycles. The van der Waals surface area contributed by atoms with Crippen LogP contribution in [0.3, 0.4) is 0 Å². The molecule has 20 heteroatoms. The van der Waals surface area contributed by atoms with Crippen LogP contribution in [0.15, 0.2) is 24.3 Å². The van der Waals surface area contributed by atoms with Crippen molar-refractivity contribution in [3.8, 4) is 5.75 Å². The Kier molecular flexibility index (Phi) is 13.0. The maximum absolute atomic E-state index is 11.7. The van der Waals surface area contributed by atoms with E-state index in [0.717, 1.165) is 0 Å². The quantitative estimate of drug-likeness (QED) is 0.0779. The van der Waals surface area contributed by atoms with Crippen molar-refractivity contribution in [2.75, 3.05) is 45.0 Å². The molecule has 0 fully saturated rings. The minimum Gasteiger partial charge on any atom is -0.452 e. The Morgan fingerprint density at radius 2 is 1.00 bits per heavy atom. The molecule has 0 saturated heterocycles. The van der Waals surface area contributed by atoms with Gasteiger partial charge in [0.1, 0.15) is 5.75 Å². The van der Waals surface area contributed by atoms with Gasteiger partial charge in [-0.1, -0.05) is 0 Å². The van der Waals surface area contributed by atoms with E-state index in [4.69, 9.17) is 4.74 Å². The Labute approximate surface area is 209 Å². The number of amides is 1. The Morgan fingerprint density at radius 3 is 1.45 bits per heavy atom. The molecule has 0 radical (unpaired) electrons. The predicted molar refractivity (Wildman–Crippen MR) is 110 cm³/mol. The number of nitrogens with zero attached hydrogens (tertiary/aromatic N) is 2. The van der Waals surface area contributed by atoms with Crippen LogP contribution in [0, 0.1) is 20.2 Å². The molecule has 0 aliphatic rings. The zero-order chi connectivity index (χ0) is 28.5. The zero-order valence-corrected chi connectivity index (χ0v) is 18.9. The van der Waals surface area contributed by atoms with E-state index in [1.165, 1.54) is 24.3 Å². The Bertz CT molecular complexity index is 1050. The van der Waals surface area contributed by atoms with E-state index >= 15 is 0 Å². The van der Waals surface area contributed by atoms with Crippen molar-refractivity contribution in [3.05, 3.63) is 44.5 Å². The van der Waals surface area contributed by atoms with E-state index < -0.39 is 85.6 Å². The fourth-order valence-corrected chi connectivity index (χ4v) is 1.91. The van der Waals surface area contributed by atoms with E-state index in [1.54, 1.807) is 0 Å². The lowest BCUT2D eigenvalue weighted by Crippen LogP contribution is -2.25. The molecular weight excluding hydrogens is 530 g/mol. The molecule has 38 heavy (non-hydrogen) atoms. The Balaban J connectivity index is 2.23. The second-order valence-corrected chi connectivity index (χ2v) is 6.18. The normalized spacial score (nSPS) is 9.68. The van der Waals surface area contributed by atoms with Crippen molar-refractivity contribution in [3.63, 3.8) is 0 Å². The molecule has 1 rings (SSSR count). The van der Waals surface area contributed by atoms with Gasteiger partial charge < -0.3 is 38.7 Å². The van der Waals surface area contributed by atoms with Crippen LogP contribution in [0.4, 0.5) is 5.69 Å². The van der Waals surface area contributed by atoms with Crippen LogP contribution in [0.5, 0.6) is 5.75 Å². The number of nitrogens with one attached hydrogen (secondary N) is 1. The molecule has 0 saturated carbocycles. The molecule has 0 unspecified atom stereocenters. The van der Waals surface area contributed by atoms with Gasteiger partial charge in [-0.05, 0) is 24.3 Å². The van der Waals surface area contributed by atoms with Gasteiger partial charge in [-0.25, -0.2) is 24.0 Å². The summed E-state index contributed by atoms with van der Waals surface area (Å²) in [7, 11) is 0. The van der Waals surface area contributed by atoms with E-state index in [1.807, 2.05) is 0 Å². The first-order valence-electron chi connectivity index (χ1n) is 9.72. The molecule has 0 aromatic heterocycles. The standard InChI is InChI=1S/C18H17N3O17/c22-13(5-36-20(28)29)19-11-1-3-12(4-2-11)38-18(27)9-35-16(25)7-33-14(23)6-32-15(24)8-34-17(26)10-37-21(30)31/h1-4H,5-10H2,(H,19,22). The van der Waals surface area contributed by atoms with Crippen LogP contribution in [0.2, 0.25) is 0 Å². The van der Waals surface area contributed by atoms with Gasteiger partial charge in [-0.15, -0.1) is 20.2 Å². The lowest BCUT2D eigenvalue weighted by atomic mass is 10.3. The summed E-state index contributed by atoms with van der Waals surface area (Å²) in [5.74, 6) is -6.63. The first-order valence-corrected chi connectivity index (χ1v) is 9.72. The van der Waals surface area contributed by atoms with Gasteiger partial charge in [0.25, 0.3) is 10.2 Å². The fourth-order valence-electron chi connectivity index (χ4n) is 1.91. The molecule has 1 aromatic rings. The van der Waals surface area contributed by atoms with Crippen molar-refractivity contribution in [1.82, 2.24) is 0 Å². The number of benzene rings is 1. The number of anilines is 1. The summed E-state index contributed by atoms with van der Waals surface area (Å²) in [6.07, 6.45) is 0. The molecule has 0 spiro atoms. The summed E-state index contributed by atoms with van der Waals surface area (Å²) in [6, 6.07) is 5.13. The van der Waals surface area contributed by atoms with Gasteiger partial charge >= 0.3 is 29.8 Å². The van der Waals surface area contributed by atoms with Crippen molar-refractivity contribution < 1.29 is 72.3 Å². The van der Waals surface area contributed by atoms with Gasteiger partial charge in [0.05, 0.1) is 0 Å². The third-order valence-corrected chi connectivity index (χ3v) is 3.36. The maximum Gasteiger partial charge on any atom is 0.349 e. The number of hydrogen-bond acceptors (Lipinski definition) is 17. The van der Waals surface area contributed by atoms with Gasteiger partial charge in [-0.3, -0.25) is 4.79 Å². The topological polar surface area (TPSA) is 265 Å². The van der Waals surface area contributed by atoms with Crippen molar-refractivity contribution in [2.24, 2.45) is 0 Å². The molecule has 0 bridgehead atoms. The second kappa shape index (κ2) is 16.2. The van der Waals surface area contributed by atoms with Gasteiger partial charge in [-0.2, -0.15) is 0 Å². The molecule has 0 aliphatic carbocycles. The maximum atomic E-state index is 11.7. The van der Waals surface area contributed by atoms with Crippen LogP contribution in [-0.2, 0) is 57.4 Å². The molecule has 206 valence electrons. The molecule has 20 nitrogen and oxygen atoms in total. The SMILES string of the molecule is O=C(CO[N+](=O)[O-])Nc1ccc(OC(=O)COC(=O)COC(=O)COC(=O)COC(=O)CO[N+](=O)[O-])cc1. The predicted octanol–water partition coefficient (Wildman–Crippen LogP) is -1.88. The van der Waals surface area contributed by atoms with Crippen LogP contribution in [-0.4, -0.2) is 85.6 Å². The number of hydrogen-bond donors (Lipinski definition) is 1. The third-order valence-electron chi connectivity index (χ3n) is 3.36. The highest BCUT2D eigenvalue weighted by molar-refractivity contribution is 5.91. The summed E-state index contributed by atoms with van der Waals surface area (Å²) in [6.45, 7) is -5.66. The van der Waals surface area contributed by atoms with E-state index in [2.05, 4.69) is 33.9 Å². The average molecular weight is 547 g/mol. The number of ether oxygens (including phenoxy) is 5. The van der Waals surface area contributed by atoms with Crippen molar-refractivity contribution >= 4 is 41.4 Å². The first kappa shape index (κ1) is 30.5. The van der Waals surface area contributed by atoms with Gasteiger partial charge in [0.2, 0.25) is 5.91 Å². The number of rotatable bonds is 16. The average Bonchev–Trinajstić information content (AvgIpc) is 2.87. The highest BCUT2D eigenvalue weighted by Gasteiger charge is 2.15. The van der Waals surface area contributed by atoms with Crippen LogP contribution >= 0.6 is 0 Å². The third kappa shape index (κ3) is 14.6. The summed E-state index contributed by atoms with van der Waals surface area (Å²) in [5.41, 5.74) is 0.212. The largest absolute Gasteiger partial charge is 0.452 e. The van der Waals surface area contributed by atoms with Gasteiger partial charge in [0, 0.05) is 5.69 Å². The lowest BCUT2D eigenvalue weighted by molar-refractivity contribution is -0.754. The molecule has 1 N–H and O–H groups in total. The zero-order valence-electron chi connectivity index (χ0n) is 18.9. The Morgan fingerprint density at radius 1 is 0.605 bits per heavy atom. The smallest absolute Gasteiger partial charge is 0.349 e. The van der Waals surface area contributed by atoms with Crippen LogP contribution < -0.4 is 10.1 Å². The minimum absolute atomic E-state index is 0.00479. The van der Waals surface area contributed by atoms with Crippen LogP contribution in [0.25, 0.3) is 0 Å². The summed E-state index contributed by atoms with van der Waals surface area (Å²) in [4.78, 5) is 96.0. The van der Waals surface area contributed by atoms with Crippen LogP contribution in [0.1, 0.15) is 0 Å². The second-order valence-electron chi connectivity index (χ2n) is 6.18. The van der Waals surface area contributed by atoms with Crippen molar-refractivity contribution in [1.29, 1.82) is 0 Å². The molecule has 1 amide bonds. The Hall–Kier alpha value is -5.56. The first-order chi connectivity index (χ1) is 17.9. The number of esters is 5. The number of carbonyl (C=O) groups excluding carboxylic acids is 6. The fraction of sp³-hybridized carbons (Fsp3) is 0.333. The summed E-state index contributed by atoms with van der Waals surface area (Å²) < 4.78 is 22.5. The molecule has 0 atom stereocenters. The molecule has 0 heterocycles. The summed E-state index contributed by atoms with van der Waals surface area (Å²) in [5, 5.41) is 19.8. The summed E-state index contributed by atoms with van der Waals surface area (Å²) >= 11 is 0. The molecule has 1 aromatic carbocycles. The number of carbonyl (C=O) groups is 6. The van der Waals surface area contributed by atoms with E-state index in [-0.39, 0.29) is 11.4 Å². The molecular formula is C18H17N3O17. The monoisotopic (exact) mass is 547 g/mol.